The molecule has 2 aromatic carbocycles. The Balaban J connectivity index is 1.75. The Morgan fingerprint density at radius 3 is 2.52 bits per heavy atom. The zero-order chi connectivity index (χ0) is 19.8. The number of halogens is 2. The zero-order valence-corrected chi connectivity index (χ0v) is 14.9. The molecule has 144 valence electrons. The molecular weight excluding hydrogens is 356 g/mol. The maximum absolute atomic E-state index is 13.1. The molecule has 0 aromatic heterocycles. The third kappa shape index (κ3) is 6.06. The fourth-order valence-corrected chi connectivity index (χ4v) is 2.66. The van der Waals surface area contributed by atoms with Crippen LogP contribution in [0.15, 0.2) is 36.4 Å². The Hall–Kier alpha value is -2.96. The molecule has 0 aliphatic carbocycles. The lowest BCUT2D eigenvalue weighted by molar-refractivity contribution is -0.121. The molecule has 0 aliphatic rings. The van der Waals surface area contributed by atoms with E-state index in [2.05, 4.69) is 5.32 Å². The molecule has 0 atom stereocenters. The summed E-state index contributed by atoms with van der Waals surface area (Å²) in [6.07, 6.45) is 1.77. The van der Waals surface area contributed by atoms with Gasteiger partial charge >= 0.3 is 5.97 Å². The molecule has 7 heteroatoms. The molecule has 2 aromatic rings. The van der Waals surface area contributed by atoms with Gasteiger partial charge in [0.05, 0.1) is 12.7 Å². The number of hydrogen-bond acceptors (Lipinski definition) is 3. The van der Waals surface area contributed by atoms with E-state index in [1.54, 1.807) is 6.07 Å². The summed E-state index contributed by atoms with van der Waals surface area (Å²) in [7, 11) is 1.46. The highest BCUT2D eigenvalue weighted by atomic mass is 19.2. The van der Waals surface area contributed by atoms with Gasteiger partial charge in [-0.15, -0.1) is 0 Å². The summed E-state index contributed by atoms with van der Waals surface area (Å²) in [5.41, 5.74) is 1.58. The lowest BCUT2D eigenvalue weighted by atomic mass is 10.1. The van der Waals surface area contributed by atoms with E-state index in [9.17, 15) is 18.4 Å². The summed E-state index contributed by atoms with van der Waals surface area (Å²) in [6, 6.07) is 8.32. The SMILES string of the molecule is COc1cc(C(=O)O)ccc1CCNC(=O)CCCc1ccc(F)c(F)c1. The van der Waals surface area contributed by atoms with E-state index in [-0.39, 0.29) is 17.9 Å². The first-order valence-electron chi connectivity index (χ1n) is 8.51. The van der Waals surface area contributed by atoms with Crippen LogP contribution in [0.3, 0.4) is 0 Å². The van der Waals surface area contributed by atoms with Gasteiger partial charge in [-0.2, -0.15) is 0 Å². The first-order valence-corrected chi connectivity index (χ1v) is 8.51. The predicted molar refractivity (Wildman–Crippen MR) is 96.0 cm³/mol. The zero-order valence-electron chi connectivity index (χ0n) is 14.9. The summed E-state index contributed by atoms with van der Waals surface area (Å²) >= 11 is 0. The number of amides is 1. The van der Waals surface area contributed by atoms with Crippen LogP contribution in [0.5, 0.6) is 5.75 Å². The molecule has 0 fully saturated rings. The van der Waals surface area contributed by atoms with Gasteiger partial charge in [-0.05, 0) is 54.7 Å². The van der Waals surface area contributed by atoms with Gasteiger partial charge in [-0.1, -0.05) is 12.1 Å². The van der Waals surface area contributed by atoms with Gasteiger partial charge < -0.3 is 15.2 Å². The van der Waals surface area contributed by atoms with E-state index in [1.165, 1.54) is 25.3 Å². The third-order valence-corrected chi connectivity index (χ3v) is 4.10. The van der Waals surface area contributed by atoms with Crippen molar-refractivity contribution in [3.05, 3.63) is 64.7 Å². The largest absolute Gasteiger partial charge is 0.496 e. The highest BCUT2D eigenvalue weighted by molar-refractivity contribution is 5.88. The van der Waals surface area contributed by atoms with Crippen LogP contribution < -0.4 is 10.1 Å². The van der Waals surface area contributed by atoms with Gasteiger partial charge in [0.1, 0.15) is 5.75 Å². The van der Waals surface area contributed by atoms with E-state index in [1.807, 2.05) is 0 Å². The first kappa shape index (κ1) is 20.4. The minimum Gasteiger partial charge on any atom is -0.496 e. The fraction of sp³-hybridized carbons (Fsp3) is 0.300. The van der Waals surface area contributed by atoms with Crippen LogP contribution in [0.25, 0.3) is 0 Å². The number of carbonyl (C=O) groups is 2. The minimum atomic E-state index is -1.03. The highest BCUT2D eigenvalue weighted by Gasteiger charge is 2.10. The normalized spacial score (nSPS) is 10.5. The Kier molecular flexibility index (Phi) is 7.28. The fourth-order valence-electron chi connectivity index (χ4n) is 2.66. The van der Waals surface area contributed by atoms with E-state index < -0.39 is 17.6 Å². The number of hydrogen-bond donors (Lipinski definition) is 2. The van der Waals surface area contributed by atoms with Crippen molar-refractivity contribution in [2.24, 2.45) is 0 Å². The smallest absolute Gasteiger partial charge is 0.335 e. The Bertz CT molecular complexity index is 824. The molecule has 0 saturated heterocycles. The molecule has 0 radical (unpaired) electrons. The Morgan fingerprint density at radius 2 is 1.85 bits per heavy atom. The highest BCUT2D eigenvalue weighted by Crippen LogP contribution is 2.20. The number of carboxylic acids is 1. The second-order valence-corrected chi connectivity index (χ2v) is 6.03. The summed E-state index contributed by atoms with van der Waals surface area (Å²) < 4.78 is 31.2. The minimum absolute atomic E-state index is 0.136. The molecular formula is C20H21F2NO4. The number of carboxylic acid groups (broad SMARTS) is 1. The van der Waals surface area contributed by atoms with Gasteiger partial charge in [0.2, 0.25) is 5.91 Å². The van der Waals surface area contributed by atoms with Crippen LogP contribution in [-0.2, 0) is 17.6 Å². The van der Waals surface area contributed by atoms with Crippen molar-refractivity contribution in [3.8, 4) is 5.75 Å². The van der Waals surface area contributed by atoms with Gasteiger partial charge in [0.25, 0.3) is 0 Å². The van der Waals surface area contributed by atoms with Crippen molar-refractivity contribution in [3.63, 3.8) is 0 Å². The van der Waals surface area contributed by atoms with Gasteiger partial charge in [0.15, 0.2) is 11.6 Å². The van der Waals surface area contributed by atoms with Crippen molar-refractivity contribution in [1.29, 1.82) is 0 Å². The standard InChI is InChI=1S/C20H21F2NO4/c1-27-18-12-15(20(25)26)7-6-14(18)9-10-23-19(24)4-2-3-13-5-8-16(21)17(22)11-13/h5-8,11-12H,2-4,9-10H2,1H3,(H,23,24)(H,25,26). The number of aromatic carboxylic acids is 1. The predicted octanol–water partition coefficient (Wildman–Crippen LogP) is 3.35. The second kappa shape index (κ2) is 9.66. The number of benzene rings is 2. The van der Waals surface area contributed by atoms with Crippen molar-refractivity contribution < 1.29 is 28.2 Å². The maximum atomic E-state index is 13.1. The van der Waals surface area contributed by atoms with E-state index >= 15 is 0 Å². The van der Waals surface area contributed by atoms with Crippen molar-refractivity contribution >= 4 is 11.9 Å². The number of rotatable bonds is 9. The second-order valence-electron chi connectivity index (χ2n) is 6.03. The van der Waals surface area contributed by atoms with Crippen LogP contribution in [0.4, 0.5) is 8.78 Å². The summed E-state index contributed by atoms with van der Waals surface area (Å²) in [5.74, 6) is -2.49. The molecule has 0 bridgehead atoms. The molecule has 1 amide bonds. The molecule has 0 saturated carbocycles. The van der Waals surface area contributed by atoms with Crippen LogP contribution in [0, 0.1) is 11.6 Å². The lowest BCUT2D eigenvalue weighted by Crippen LogP contribution is -2.25. The number of aryl methyl sites for hydroxylation is 1. The van der Waals surface area contributed by atoms with E-state index in [0.29, 0.717) is 37.1 Å². The third-order valence-electron chi connectivity index (χ3n) is 4.10. The quantitative estimate of drug-likeness (QED) is 0.703. The summed E-state index contributed by atoms with van der Waals surface area (Å²) in [4.78, 5) is 22.9. The van der Waals surface area contributed by atoms with Gasteiger partial charge in [-0.3, -0.25) is 4.79 Å². The molecule has 0 heterocycles. The molecule has 0 unspecified atom stereocenters. The van der Waals surface area contributed by atoms with E-state index in [0.717, 1.165) is 17.7 Å². The monoisotopic (exact) mass is 377 g/mol. The molecule has 0 aliphatic heterocycles. The molecule has 5 nitrogen and oxygen atoms in total. The molecule has 0 spiro atoms. The van der Waals surface area contributed by atoms with Crippen molar-refractivity contribution in [1.82, 2.24) is 5.32 Å². The molecule has 2 N–H and O–H groups in total. The number of nitrogens with one attached hydrogen (secondary N) is 1. The number of methoxy groups -OCH3 is 1. The average Bonchev–Trinajstić information content (AvgIpc) is 2.64. The van der Waals surface area contributed by atoms with Crippen LogP contribution in [0.1, 0.15) is 34.3 Å². The number of carbonyl (C=O) groups excluding carboxylic acids is 1. The summed E-state index contributed by atoms with van der Waals surface area (Å²) in [6.45, 7) is 0.382. The van der Waals surface area contributed by atoms with Crippen molar-refractivity contribution in [2.45, 2.75) is 25.7 Å². The van der Waals surface area contributed by atoms with E-state index in [4.69, 9.17) is 9.84 Å². The van der Waals surface area contributed by atoms with Gasteiger partial charge in [-0.25, -0.2) is 13.6 Å². The average molecular weight is 377 g/mol. The Labute approximate surface area is 156 Å². The first-order chi connectivity index (χ1) is 12.9. The summed E-state index contributed by atoms with van der Waals surface area (Å²) in [5, 5.41) is 11.8. The van der Waals surface area contributed by atoms with Crippen LogP contribution in [0.2, 0.25) is 0 Å². The number of ether oxygens (including phenoxy) is 1. The molecule has 2 rings (SSSR count). The van der Waals surface area contributed by atoms with Crippen LogP contribution >= 0.6 is 0 Å². The van der Waals surface area contributed by atoms with Crippen molar-refractivity contribution in [2.75, 3.05) is 13.7 Å². The van der Waals surface area contributed by atoms with Gasteiger partial charge in [0, 0.05) is 13.0 Å². The lowest BCUT2D eigenvalue weighted by Gasteiger charge is -2.10. The Morgan fingerprint density at radius 1 is 1.07 bits per heavy atom. The maximum Gasteiger partial charge on any atom is 0.335 e. The van der Waals surface area contributed by atoms with Crippen LogP contribution in [-0.4, -0.2) is 30.6 Å². The topological polar surface area (TPSA) is 75.6 Å². The molecule has 27 heavy (non-hydrogen) atoms.